The van der Waals surface area contributed by atoms with Crippen LogP contribution in [0.3, 0.4) is 0 Å². The Morgan fingerprint density at radius 2 is 1.82 bits per heavy atom. The van der Waals surface area contributed by atoms with E-state index in [-0.39, 0.29) is 5.91 Å². The minimum atomic E-state index is -0.272. The molecule has 0 saturated carbocycles. The highest BCUT2D eigenvalue weighted by Crippen LogP contribution is 2.33. The molecular weight excluding hydrogens is 414 g/mol. The smallest absolute Gasteiger partial charge is 0.276 e. The number of nitrogens with zero attached hydrogens (tertiary/aromatic N) is 2. The van der Waals surface area contributed by atoms with E-state index >= 15 is 0 Å². The van der Waals surface area contributed by atoms with Crippen molar-refractivity contribution in [1.29, 1.82) is 0 Å². The topological polar surface area (TPSA) is 73.3 Å². The predicted molar refractivity (Wildman–Crippen MR) is 114 cm³/mol. The molecular formula is C19H15N3O3S3. The molecule has 4 aromatic rings. The summed E-state index contributed by atoms with van der Waals surface area (Å²) in [6, 6.07) is 7.57. The van der Waals surface area contributed by atoms with Gasteiger partial charge in [-0.15, -0.1) is 22.7 Å². The van der Waals surface area contributed by atoms with E-state index in [0.29, 0.717) is 22.3 Å². The Balaban J connectivity index is 1.50. The minimum Gasteiger partial charge on any atom is -0.493 e. The summed E-state index contributed by atoms with van der Waals surface area (Å²) in [5.74, 6) is 1.01. The van der Waals surface area contributed by atoms with E-state index in [0.717, 1.165) is 21.8 Å². The van der Waals surface area contributed by atoms with Crippen molar-refractivity contribution in [2.24, 2.45) is 0 Å². The lowest BCUT2D eigenvalue weighted by Gasteiger charge is -2.08. The molecule has 0 radical (unpaired) electrons. The molecule has 0 atom stereocenters. The highest BCUT2D eigenvalue weighted by Gasteiger charge is 2.15. The maximum Gasteiger partial charge on any atom is 0.276 e. The Hall–Kier alpha value is -2.75. The highest BCUT2D eigenvalue weighted by molar-refractivity contribution is 7.14. The van der Waals surface area contributed by atoms with Crippen LogP contribution >= 0.6 is 34.0 Å². The van der Waals surface area contributed by atoms with Crippen LogP contribution in [0.2, 0.25) is 0 Å². The lowest BCUT2D eigenvalue weighted by Crippen LogP contribution is -2.12. The highest BCUT2D eigenvalue weighted by atomic mass is 32.1. The summed E-state index contributed by atoms with van der Waals surface area (Å²) in [4.78, 5) is 21.4. The van der Waals surface area contributed by atoms with Crippen LogP contribution in [0.5, 0.6) is 11.5 Å². The first-order chi connectivity index (χ1) is 13.7. The zero-order valence-electron chi connectivity index (χ0n) is 15.0. The third kappa shape index (κ3) is 3.77. The second-order valence-corrected chi connectivity index (χ2v) is 8.11. The number of rotatable bonds is 6. The molecule has 3 aromatic heterocycles. The van der Waals surface area contributed by atoms with Crippen molar-refractivity contribution >= 4 is 45.0 Å². The van der Waals surface area contributed by atoms with Crippen molar-refractivity contribution in [3.8, 4) is 33.3 Å². The van der Waals surface area contributed by atoms with Gasteiger partial charge in [-0.1, -0.05) is 0 Å². The van der Waals surface area contributed by atoms with Crippen LogP contribution in [0.1, 0.15) is 10.5 Å². The van der Waals surface area contributed by atoms with Gasteiger partial charge in [0, 0.05) is 27.3 Å². The first-order valence-electron chi connectivity index (χ1n) is 8.15. The van der Waals surface area contributed by atoms with E-state index in [1.807, 2.05) is 40.4 Å². The molecule has 1 amide bonds. The van der Waals surface area contributed by atoms with Gasteiger partial charge in [0.2, 0.25) is 0 Å². The van der Waals surface area contributed by atoms with Crippen LogP contribution in [-0.2, 0) is 0 Å². The van der Waals surface area contributed by atoms with Crippen molar-refractivity contribution in [2.45, 2.75) is 0 Å². The van der Waals surface area contributed by atoms with Gasteiger partial charge < -0.3 is 9.47 Å². The number of anilines is 1. The Kier molecular flexibility index (Phi) is 5.38. The first kappa shape index (κ1) is 18.6. The summed E-state index contributed by atoms with van der Waals surface area (Å²) in [5.41, 5.74) is 3.04. The van der Waals surface area contributed by atoms with E-state index in [4.69, 9.17) is 9.47 Å². The standard InChI is InChI=1S/C19H15N3O3S3/c1-24-15-4-3-11(7-16(15)25-2)13-9-28-19(21-13)22-17(23)14-10-27-18(20-14)12-5-6-26-8-12/h3-10H,1-2H3,(H,21,22,23). The number of ether oxygens (including phenoxy) is 2. The van der Waals surface area contributed by atoms with Crippen LogP contribution in [0, 0.1) is 0 Å². The lowest BCUT2D eigenvalue weighted by atomic mass is 10.1. The number of methoxy groups -OCH3 is 2. The number of benzene rings is 1. The number of thiazole rings is 2. The van der Waals surface area contributed by atoms with Gasteiger partial charge >= 0.3 is 0 Å². The van der Waals surface area contributed by atoms with E-state index < -0.39 is 0 Å². The number of hydrogen-bond donors (Lipinski definition) is 1. The van der Waals surface area contributed by atoms with Gasteiger partial charge in [-0.05, 0) is 29.6 Å². The fourth-order valence-corrected chi connectivity index (χ4v) is 4.74. The molecule has 142 valence electrons. The van der Waals surface area contributed by atoms with Crippen LogP contribution in [-0.4, -0.2) is 30.1 Å². The molecule has 0 fully saturated rings. The molecule has 0 saturated heterocycles. The average Bonchev–Trinajstić information content (AvgIpc) is 3.48. The van der Waals surface area contributed by atoms with Crippen LogP contribution in [0.25, 0.3) is 21.8 Å². The molecule has 1 aromatic carbocycles. The fraction of sp³-hybridized carbons (Fsp3) is 0.105. The second-order valence-electron chi connectivity index (χ2n) is 5.61. The van der Waals surface area contributed by atoms with Gasteiger partial charge in [0.15, 0.2) is 16.6 Å². The lowest BCUT2D eigenvalue weighted by molar-refractivity contribution is 0.102. The van der Waals surface area contributed by atoms with Crippen molar-refractivity contribution < 1.29 is 14.3 Å². The molecule has 6 nitrogen and oxygen atoms in total. The van der Waals surface area contributed by atoms with E-state index in [9.17, 15) is 4.79 Å². The molecule has 0 aliphatic carbocycles. The summed E-state index contributed by atoms with van der Waals surface area (Å²) in [6.07, 6.45) is 0. The van der Waals surface area contributed by atoms with Crippen molar-refractivity contribution in [2.75, 3.05) is 19.5 Å². The number of hydrogen-bond acceptors (Lipinski definition) is 8. The maximum atomic E-state index is 12.5. The summed E-state index contributed by atoms with van der Waals surface area (Å²) in [5, 5.41) is 11.8. The number of thiophene rings is 1. The van der Waals surface area contributed by atoms with Gasteiger partial charge in [0.1, 0.15) is 10.7 Å². The quantitative estimate of drug-likeness (QED) is 0.452. The van der Waals surface area contributed by atoms with Gasteiger partial charge in [0.05, 0.1) is 19.9 Å². The van der Waals surface area contributed by atoms with Gasteiger partial charge in [-0.3, -0.25) is 10.1 Å². The molecule has 0 spiro atoms. The zero-order valence-corrected chi connectivity index (χ0v) is 17.4. The van der Waals surface area contributed by atoms with Crippen molar-refractivity contribution in [3.63, 3.8) is 0 Å². The van der Waals surface area contributed by atoms with Gasteiger partial charge in [0.25, 0.3) is 5.91 Å². The predicted octanol–water partition coefficient (Wildman–Crippen LogP) is 5.26. The minimum absolute atomic E-state index is 0.272. The van der Waals surface area contributed by atoms with E-state index in [1.165, 1.54) is 22.7 Å². The van der Waals surface area contributed by atoms with Crippen molar-refractivity contribution in [1.82, 2.24) is 9.97 Å². The van der Waals surface area contributed by atoms with Crippen molar-refractivity contribution in [3.05, 3.63) is 51.5 Å². The maximum absolute atomic E-state index is 12.5. The summed E-state index contributed by atoms with van der Waals surface area (Å²) >= 11 is 4.41. The SMILES string of the molecule is COc1ccc(-c2csc(NC(=O)c3csc(-c4ccsc4)n3)n2)cc1OC. The van der Waals surface area contributed by atoms with Crippen LogP contribution < -0.4 is 14.8 Å². The average molecular weight is 430 g/mol. The third-order valence-corrected chi connectivity index (χ3v) is 6.24. The van der Waals surface area contributed by atoms with Gasteiger partial charge in [-0.2, -0.15) is 11.3 Å². The van der Waals surface area contributed by atoms with E-state index in [1.54, 1.807) is 30.9 Å². The molecule has 0 aliphatic heterocycles. The zero-order chi connectivity index (χ0) is 19.5. The number of amides is 1. The normalized spacial score (nSPS) is 10.6. The van der Waals surface area contributed by atoms with Gasteiger partial charge in [-0.25, -0.2) is 9.97 Å². The Morgan fingerprint density at radius 1 is 0.964 bits per heavy atom. The molecule has 28 heavy (non-hydrogen) atoms. The summed E-state index contributed by atoms with van der Waals surface area (Å²) < 4.78 is 10.6. The summed E-state index contributed by atoms with van der Waals surface area (Å²) in [6.45, 7) is 0. The molecule has 9 heteroatoms. The first-order valence-corrected chi connectivity index (χ1v) is 10.9. The fourth-order valence-electron chi connectivity index (χ4n) is 2.52. The molecule has 0 bridgehead atoms. The number of carbonyl (C=O) groups excluding carboxylic acids is 1. The second kappa shape index (κ2) is 8.09. The Morgan fingerprint density at radius 3 is 2.57 bits per heavy atom. The monoisotopic (exact) mass is 429 g/mol. The summed E-state index contributed by atoms with van der Waals surface area (Å²) in [7, 11) is 3.18. The largest absolute Gasteiger partial charge is 0.493 e. The number of aromatic nitrogens is 2. The Labute approximate surface area is 173 Å². The molecule has 0 aliphatic rings. The van der Waals surface area contributed by atoms with Crippen LogP contribution in [0.4, 0.5) is 5.13 Å². The third-order valence-electron chi connectivity index (χ3n) is 3.91. The van der Waals surface area contributed by atoms with E-state index in [2.05, 4.69) is 15.3 Å². The molecule has 3 heterocycles. The Bertz CT molecular complexity index is 1100. The number of carbonyl (C=O) groups is 1. The number of nitrogens with one attached hydrogen (secondary N) is 1. The van der Waals surface area contributed by atoms with Crippen LogP contribution in [0.15, 0.2) is 45.8 Å². The molecule has 4 rings (SSSR count). The molecule has 1 N–H and O–H groups in total. The molecule has 0 unspecified atom stereocenters.